The molecule has 1 aromatic carbocycles. The number of anilines is 1. The molecule has 0 bridgehead atoms. The monoisotopic (exact) mass is 278 g/mol. The van der Waals surface area contributed by atoms with E-state index in [0.717, 1.165) is 49.0 Å². The van der Waals surface area contributed by atoms with E-state index in [2.05, 4.69) is 17.2 Å². The van der Waals surface area contributed by atoms with E-state index < -0.39 is 0 Å². The molecule has 19 heavy (non-hydrogen) atoms. The topological polar surface area (TPSA) is 24.9 Å². The van der Waals surface area contributed by atoms with Gasteiger partial charge >= 0.3 is 0 Å². The molecule has 0 unspecified atom stereocenters. The minimum atomic E-state index is -0.336. The summed E-state index contributed by atoms with van der Waals surface area (Å²) in [5, 5.41) is 4.65. The number of nitrogens with zero attached hydrogens (tertiary/aromatic N) is 1. The predicted octanol–water partition coefficient (Wildman–Crippen LogP) is 4.34. The number of benzene rings is 1. The number of aromatic nitrogens is 1. The van der Waals surface area contributed by atoms with E-state index in [4.69, 9.17) is 11.6 Å². The molecule has 4 heteroatoms. The minimum Gasteiger partial charge on any atom is -0.384 e. The van der Waals surface area contributed by atoms with Crippen LogP contribution in [0.3, 0.4) is 0 Å². The van der Waals surface area contributed by atoms with Gasteiger partial charge in [0.05, 0.1) is 0 Å². The third kappa shape index (κ3) is 2.16. The molecule has 1 aliphatic rings. The number of hydrogen-bond acceptors (Lipinski definition) is 2. The number of rotatable bonds is 3. The molecule has 0 spiro atoms. The van der Waals surface area contributed by atoms with Crippen molar-refractivity contribution in [3.8, 4) is 0 Å². The van der Waals surface area contributed by atoms with Gasteiger partial charge in [-0.3, -0.25) is 0 Å². The predicted molar refractivity (Wildman–Crippen MR) is 77.5 cm³/mol. The van der Waals surface area contributed by atoms with Crippen LogP contribution in [0.15, 0.2) is 12.1 Å². The zero-order chi connectivity index (χ0) is 13.4. The molecule has 1 N–H and O–H groups in total. The van der Waals surface area contributed by atoms with E-state index in [1.165, 1.54) is 11.6 Å². The Hall–Kier alpha value is -1.35. The molecule has 0 atom stereocenters. The Bertz CT molecular complexity index is 640. The lowest BCUT2D eigenvalue weighted by atomic mass is 10.1. The highest BCUT2D eigenvalue weighted by atomic mass is 35.5. The van der Waals surface area contributed by atoms with Crippen molar-refractivity contribution in [3.63, 3.8) is 0 Å². The zero-order valence-corrected chi connectivity index (χ0v) is 11.6. The van der Waals surface area contributed by atoms with Crippen molar-refractivity contribution in [2.45, 2.75) is 32.6 Å². The van der Waals surface area contributed by atoms with Gasteiger partial charge < -0.3 is 5.32 Å². The van der Waals surface area contributed by atoms with Crippen molar-refractivity contribution in [3.05, 3.63) is 34.2 Å². The van der Waals surface area contributed by atoms with E-state index in [1.807, 2.05) is 6.07 Å². The summed E-state index contributed by atoms with van der Waals surface area (Å²) >= 11 is 5.99. The summed E-state index contributed by atoms with van der Waals surface area (Å²) in [4.78, 5) is 4.49. The van der Waals surface area contributed by atoms with Crippen molar-refractivity contribution < 1.29 is 4.39 Å². The number of halogens is 2. The largest absolute Gasteiger partial charge is 0.384 e. The zero-order valence-electron chi connectivity index (χ0n) is 10.9. The maximum Gasteiger partial charge on any atom is 0.150 e. The van der Waals surface area contributed by atoms with Gasteiger partial charge in [-0.15, -0.1) is 0 Å². The Kier molecular flexibility index (Phi) is 3.31. The van der Waals surface area contributed by atoms with Crippen LogP contribution >= 0.6 is 11.6 Å². The number of aryl methyl sites for hydroxylation is 1. The Balaban J connectivity index is 2.28. The highest BCUT2D eigenvalue weighted by Gasteiger charge is 2.21. The van der Waals surface area contributed by atoms with Crippen LogP contribution in [0.25, 0.3) is 10.9 Å². The van der Waals surface area contributed by atoms with Crippen LogP contribution in [0.1, 0.15) is 31.0 Å². The second-order valence-electron chi connectivity index (χ2n) is 4.98. The van der Waals surface area contributed by atoms with Crippen molar-refractivity contribution in [1.82, 2.24) is 4.98 Å². The fraction of sp³-hybridized carbons (Fsp3) is 0.400. The van der Waals surface area contributed by atoms with Gasteiger partial charge in [0.15, 0.2) is 5.82 Å². The first-order valence-corrected chi connectivity index (χ1v) is 7.13. The van der Waals surface area contributed by atoms with Crippen LogP contribution in [-0.4, -0.2) is 11.5 Å². The Morgan fingerprint density at radius 2 is 2.21 bits per heavy atom. The quantitative estimate of drug-likeness (QED) is 0.903. The van der Waals surface area contributed by atoms with Crippen LogP contribution in [-0.2, 0) is 12.8 Å². The van der Waals surface area contributed by atoms with E-state index in [-0.39, 0.29) is 5.82 Å². The lowest BCUT2D eigenvalue weighted by molar-refractivity contribution is 0.636. The first-order valence-electron chi connectivity index (χ1n) is 6.75. The fourth-order valence-corrected chi connectivity index (χ4v) is 2.94. The summed E-state index contributed by atoms with van der Waals surface area (Å²) < 4.78 is 14.0. The average Bonchev–Trinajstić information content (AvgIpc) is 2.83. The molecule has 3 rings (SSSR count). The smallest absolute Gasteiger partial charge is 0.150 e. The molecular formula is C15H16ClFN2. The van der Waals surface area contributed by atoms with Crippen molar-refractivity contribution in [2.24, 2.45) is 0 Å². The van der Waals surface area contributed by atoms with Gasteiger partial charge in [-0.2, -0.15) is 0 Å². The first kappa shape index (κ1) is 12.7. The SMILES string of the molecule is CCCNc1c2c(nc3c(F)cc(Cl)cc13)CCC2. The first-order chi connectivity index (χ1) is 9.20. The second-order valence-corrected chi connectivity index (χ2v) is 5.41. The van der Waals surface area contributed by atoms with Crippen LogP contribution in [0.4, 0.5) is 10.1 Å². The second kappa shape index (κ2) is 4.97. The molecule has 0 amide bonds. The van der Waals surface area contributed by atoms with E-state index in [1.54, 1.807) is 0 Å². The lowest BCUT2D eigenvalue weighted by Gasteiger charge is -2.14. The van der Waals surface area contributed by atoms with E-state index in [9.17, 15) is 4.39 Å². The normalized spacial score (nSPS) is 13.8. The van der Waals surface area contributed by atoms with Crippen LogP contribution < -0.4 is 5.32 Å². The third-order valence-corrected chi connectivity index (χ3v) is 3.80. The van der Waals surface area contributed by atoms with Gasteiger partial charge in [-0.1, -0.05) is 18.5 Å². The molecule has 1 heterocycles. The molecule has 0 aliphatic heterocycles. The van der Waals surface area contributed by atoms with Gasteiger partial charge in [0.25, 0.3) is 0 Å². The summed E-state index contributed by atoms with van der Waals surface area (Å²) in [6.45, 7) is 2.99. The molecule has 1 aromatic heterocycles. The Morgan fingerprint density at radius 1 is 1.37 bits per heavy atom. The Labute approximate surface area is 117 Å². The minimum absolute atomic E-state index is 0.336. The number of hydrogen-bond donors (Lipinski definition) is 1. The van der Waals surface area contributed by atoms with Gasteiger partial charge in [-0.05, 0) is 43.4 Å². The fourth-order valence-electron chi connectivity index (χ4n) is 2.74. The van der Waals surface area contributed by atoms with Crippen molar-refractivity contribution in [2.75, 3.05) is 11.9 Å². The molecule has 0 saturated carbocycles. The maximum absolute atomic E-state index is 14.0. The summed E-state index contributed by atoms with van der Waals surface area (Å²) in [7, 11) is 0. The molecular weight excluding hydrogens is 263 g/mol. The van der Waals surface area contributed by atoms with Crippen LogP contribution in [0.2, 0.25) is 5.02 Å². The molecule has 0 saturated heterocycles. The van der Waals surface area contributed by atoms with Crippen molar-refractivity contribution >= 4 is 28.2 Å². The maximum atomic E-state index is 14.0. The highest BCUT2D eigenvalue weighted by molar-refractivity contribution is 6.31. The molecule has 2 nitrogen and oxygen atoms in total. The van der Waals surface area contributed by atoms with E-state index >= 15 is 0 Å². The molecule has 0 radical (unpaired) electrons. The lowest BCUT2D eigenvalue weighted by Crippen LogP contribution is -2.06. The summed E-state index contributed by atoms with van der Waals surface area (Å²) in [6, 6.07) is 3.14. The third-order valence-electron chi connectivity index (χ3n) is 3.59. The van der Waals surface area contributed by atoms with Gasteiger partial charge in [0.2, 0.25) is 0 Å². The average molecular weight is 279 g/mol. The number of nitrogens with one attached hydrogen (secondary N) is 1. The molecule has 1 aliphatic carbocycles. The number of fused-ring (bicyclic) bond motifs is 2. The van der Waals surface area contributed by atoms with Crippen LogP contribution in [0, 0.1) is 5.82 Å². The molecule has 0 fully saturated rings. The van der Waals surface area contributed by atoms with Crippen molar-refractivity contribution in [1.29, 1.82) is 0 Å². The Morgan fingerprint density at radius 3 is 3.00 bits per heavy atom. The summed E-state index contributed by atoms with van der Waals surface area (Å²) in [5.41, 5.74) is 3.74. The van der Waals surface area contributed by atoms with Gasteiger partial charge in [-0.25, -0.2) is 9.37 Å². The number of pyridine rings is 1. The standard InChI is InChI=1S/C15H16ClFN2/c1-2-6-18-14-10-4-3-5-13(10)19-15-11(14)7-9(16)8-12(15)17/h7-8H,2-6H2,1H3,(H,18,19). The summed E-state index contributed by atoms with van der Waals surface area (Å²) in [6.07, 6.45) is 4.07. The van der Waals surface area contributed by atoms with Gasteiger partial charge in [0, 0.05) is 28.3 Å². The van der Waals surface area contributed by atoms with Crippen LogP contribution in [0.5, 0.6) is 0 Å². The molecule has 100 valence electrons. The van der Waals surface area contributed by atoms with Gasteiger partial charge in [0.1, 0.15) is 5.52 Å². The highest BCUT2D eigenvalue weighted by Crippen LogP contribution is 2.36. The molecule has 2 aromatic rings. The van der Waals surface area contributed by atoms with E-state index in [0.29, 0.717) is 10.5 Å². The summed E-state index contributed by atoms with van der Waals surface area (Å²) in [5.74, 6) is -0.336.